The summed E-state index contributed by atoms with van der Waals surface area (Å²) in [6.07, 6.45) is -1.52. The van der Waals surface area contributed by atoms with Crippen LogP contribution in [0.5, 0.6) is 11.5 Å². The second-order valence-electron chi connectivity index (χ2n) is 7.90. The fourth-order valence-corrected chi connectivity index (χ4v) is 4.48. The number of ether oxygens (including phenoxy) is 2. The zero-order chi connectivity index (χ0) is 24.2. The van der Waals surface area contributed by atoms with Crippen LogP contribution in [0.2, 0.25) is 10.0 Å². The van der Waals surface area contributed by atoms with Crippen molar-refractivity contribution in [1.29, 1.82) is 0 Å². The molecule has 0 unspecified atom stereocenters. The Hall–Kier alpha value is -2.39. The molecule has 0 spiro atoms. The Morgan fingerprint density at radius 2 is 1.76 bits per heavy atom. The smallest absolute Gasteiger partial charge is 0.487 e. The van der Waals surface area contributed by atoms with E-state index in [2.05, 4.69) is 4.74 Å². The van der Waals surface area contributed by atoms with Gasteiger partial charge < -0.3 is 19.1 Å². The molecule has 11 heteroatoms. The van der Waals surface area contributed by atoms with Crippen molar-refractivity contribution in [2.45, 2.75) is 51.6 Å². The lowest BCUT2D eigenvalue weighted by molar-refractivity contribution is -0.274. The monoisotopic (exact) mass is 507 g/mol. The van der Waals surface area contributed by atoms with Gasteiger partial charge in [0, 0.05) is 12.6 Å². The van der Waals surface area contributed by atoms with Gasteiger partial charge in [0.05, 0.1) is 16.6 Å². The summed E-state index contributed by atoms with van der Waals surface area (Å²) in [6.45, 7) is 0.129. The third-order valence-electron chi connectivity index (χ3n) is 5.68. The second-order valence-corrected chi connectivity index (χ2v) is 8.71. The molecule has 33 heavy (non-hydrogen) atoms. The molecule has 0 bridgehead atoms. The zero-order valence-corrected chi connectivity index (χ0v) is 18.9. The van der Waals surface area contributed by atoms with Crippen molar-refractivity contribution < 1.29 is 32.5 Å². The molecule has 0 saturated heterocycles. The van der Waals surface area contributed by atoms with E-state index in [1.54, 1.807) is 0 Å². The molecule has 1 saturated carbocycles. The first-order valence-corrected chi connectivity index (χ1v) is 11.1. The summed E-state index contributed by atoms with van der Waals surface area (Å²) in [7, 11) is 0. The number of halogens is 5. The van der Waals surface area contributed by atoms with E-state index in [9.17, 15) is 22.8 Å². The predicted octanol–water partition coefficient (Wildman–Crippen LogP) is 5.91. The molecule has 1 aliphatic carbocycles. The fourth-order valence-electron chi connectivity index (χ4n) is 3.94. The van der Waals surface area contributed by atoms with Crippen LogP contribution in [0.25, 0.3) is 0 Å². The molecule has 6 nitrogen and oxygen atoms in total. The lowest BCUT2D eigenvalue weighted by atomic mass is 9.80. The van der Waals surface area contributed by atoms with Crippen LogP contribution in [-0.2, 0) is 17.9 Å². The number of hydrogen-bond donors (Lipinski definition) is 1. The van der Waals surface area contributed by atoms with Crippen molar-refractivity contribution in [1.82, 2.24) is 4.57 Å². The Labute approximate surface area is 197 Å². The number of benzene rings is 1. The minimum absolute atomic E-state index is 0.0566. The van der Waals surface area contributed by atoms with Crippen LogP contribution >= 0.6 is 23.2 Å². The molecule has 1 N–H and O–H groups in total. The van der Waals surface area contributed by atoms with Gasteiger partial charge in [-0.2, -0.15) is 0 Å². The molecular formula is C22H22Cl2F3NO5. The van der Waals surface area contributed by atoms with Crippen molar-refractivity contribution in [2.75, 3.05) is 0 Å². The summed E-state index contributed by atoms with van der Waals surface area (Å²) >= 11 is 12.3. The van der Waals surface area contributed by atoms with E-state index in [0.29, 0.717) is 31.5 Å². The molecule has 1 aromatic heterocycles. The maximum absolute atomic E-state index is 12.7. The van der Waals surface area contributed by atoms with Gasteiger partial charge in [-0.1, -0.05) is 29.3 Å². The number of rotatable bonds is 8. The van der Waals surface area contributed by atoms with Crippen molar-refractivity contribution in [2.24, 2.45) is 11.8 Å². The highest BCUT2D eigenvalue weighted by Gasteiger charge is 2.31. The summed E-state index contributed by atoms with van der Waals surface area (Å²) in [6, 6.07) is 6.34. The number of carboxylic acids is 1. The van der Waals surface area contributed by atoms with Crippen LogP contribution in [0.15, 0.2) is 35.1 Å². The van der Waals surface area contributed by atoms with E-state index in [4.69, 9.17) is 33.0 Å². The molecule has 1 aromatic carbocycles. The van der Waals surface area contributed by atoms with Gasteiger partial charge in [0.1, 0.15) is 23.1 Å². The number of alkyl halides is 3. The summed E-state index contributed by atoms with van der Waals surface area (Å²) < 4.78 is 48.2. The standard InChI is InChI=1S/C22H22Cl2F3NO5/c23-17-11-18(24)20(29)28(9-8-13-4-6-14(7-5-13)21(30)31)19(17)12-32-15-2-1-3-16(10-15)33-22(25,26)27/h1-3,10-11,13-14H,4-9,12H2,(H,30,31)/t13-,14+. The van der Waals surface area contributed by atoms with Gasteiger partial charge in [-0.3, -0.25) is 9.59 Å². The molecule has 1 aliphatic rings. The average molecular weight is 508 g/mol. The maximum Gasteiger partial charge on any atom is 0.573 e. The van der Waals surface area contributed by atoms with Gasteiger partial charge in [0.2, 0.25) is 0 Å². The molecular weight excluding hydrogens is 486 g/mol. The zero-order valence-electron chi connectivity index (χ0n) is 17.4. The van der Waals surface area contributed by atoms with Crippen LogP contribution in [-0.4, -0.2) is 22.0 Å². The normalized spacial score (nSPS) is 18.7. The number of carbonyl (C=O) groups is 1. The van der Waals surface area contributed by atoms with E-state index in [1.807, 2.05) is 0 Å². The highest BCUT2D eigenvalue weighted by Crippen LogP contribution is 2.32. The number of aliphatic carboxylic acids is 1. The molecule has 0 atom stereocenters. The minimum Gasteiger partial charge on any atom is -0.487 e. The lowest BCUT2D eigenvalue weighted by Gasteiger charge is -2.26. The topological polar surface area (TPSA) is 77.8 Å². The first kappa shape index (κ1) is 25.2. The number of carboxylic acid groups (broad SMARTS) is 1. The van der Waals surface area contributed by atoms with Gasteiger partial charge in [0.15, 0.2) is 0 Å². The molecule has 180 valence electrons. The first-order valence-electron chi connectivity index (χ1n) is 10.3. The van der Waals surface area contributed by atoms with Crippen molar-refractivity contribution in [3.05, 3.63) is 56.4 Å². The Kier molecular flexibility index (Phi) is 8.18. The summed E-state index contributed by atoms with van der Waals surface area (Å²) in [4.78, 5) is 23.8. The molecule has 3 rings (SSSR count). The van der Waals surface area contributed by atoms with Crippen LogP contribution < -0.4 is 15.0 Å². The largest absolute Gasteiger partial charge is 0.573 e. The average Bonchev–Trinajstić information content (AvgIpc) is 2.74. The Bertz CT molecular complexity index is 1050. The lowest BCUT2D eigenvalue weighted by Crippen LogP contribution is -2.28. The fraction of sp³-hybridized carbons (Fsp3) is 0.455. The molecule has 0 amide bonds. The maximum atomic E-state index is 12.7. The van der Waals surface area contributed by atoms with Crippen molar-refractivity contribution >= 4 is 29.2 Å². The van der Waals surface area contributed by atoms with Crippen LogP contribution in [0.1, 0.15) is 37.8 Å². The second kappa shape index (κ2) is 10.7. The Morgan fingerprint density at radius 1 is 1.09 bits per heavy atom. The van der Waals surface area contributed by atoms with E-state index >= 15 is 0 Å². The van der Waals surface area contributed by atoms with Gasteiger partial charge in [-0.25, -0.2) is 0 Å². The molecule has 2 aromatic rings. The van der Waals surface area contributed by atoms with E-state index < -0.39 is 23.6 Å². The number of nitrogens with zero attached hydrogens (tertiary/aromatic N) is 1. The molecule has 0 radical (unpaired) electrons. The third-order valence-corrected chi connectivity index (χ3v) is 6.27. The number of pyridine rings is 1. The third kappa shape index (κ3) is 7.04. The van der Waals surface area contributed by atoms with E-state index in [0.717, 1.165) is 25.0 Å². The van der Waals surface area contributed by atoms with Crippen molar-refractivity contribution in [3.8, 4) is 11.5 Å². The van der Waals surface area contributed by atoms with E-state index in [1.165, 1.54) is 22.8 Å². The first-order chi connectivity index (χ1) is 15.5. The molecule has 0 aliphatic heterocycles. The van der Waals surface area contributed by atoms with Crippen LogP contribution in [0, 0.1) is 11.8 Å². The van der Waals surface area contributed by atoms with Crippen molar-refractivity contribution in [3.63, 3.8) is 0 Å². The summed E-state index contributed by atoms with van der Waals surface area (Å²) in [5.74, 6) is -1.18. The number of hydrogen-bond acceptors (Lipinski definition) is 4. The predicted molar refractivity (Wildman–Crippen MR) is 116 cm³/mol. The quantitative estimate of drug-likeness (QED) is 0.480. The summed E-state index contributed by atoms with van der Waals surface area (Å²) in [5, 5.41) is 9.27. The summed E-state index contributed by atoms with van der Waals surface area (Å²) in [5.41, 5.74) is -0.111. The van der Waals surface area contributed by atoms with Crippen LogP contribution in [0.3, 0.4) is 0 Å². The van der Waals surface area contributed by atoms with Gasteiger partial charge in [-0.05, 0) is 56.2 Å². The molecule has 1 fully saturated rings. The van der Waals surface area contributed by atoms with Gasteiger partial charge in [0.25, 0.3) is 5.56 Å². The van der Waals surface area contributed by atoms with Gasteiger partial charge >= 0.3 is 12.3 Å². The Balaban J connectivity index is 1.71. The van der Waals surface area contributed by atoms with Crippen LogP contribution in [0.4, 0.5) is 13.2 Å². The number of aromatic nitrogens is 1. The van der Waals surface area contributed by atoms with E-state index in [-0.39, 0.29) is 34.2 Å². The highest BCUT2D eigenvalue weighted by molar-refractivity contribution is 6.34. The van der Waals surface area contributed by atoms with Gasteiger partial charge in [-0.15, -0.1) is 13.2 Å². The molecule has 1 heterocycles. The SMILES string of the molecule is O=c1c(Cl)cc(Cl)c(COc2cccc(OC(F)(F)F)c2)n1CC[C@H]1CC[C@@H](C(=O)O)CC1. The Morgan fingerprint density at radius 3 is 2.39 bits per heavy atom. The minimum atomic E-state index is -4.83. The highest BCUT2D eigenvalue weighted by atomic mass is 35.5.